The Balaban J connectivity index is 1.81. The highest BCUT2D eigenvalue weighted by Gasteiger charge is 2.09. The maximum Gasteiger partial charge on any atom is 0.261 e. The van der Waals surface area contributed by atoms with Crippen LogP contribution in [0.25, 0.3) is 10.9 Å². The number of aromatic nitrogens is 2. The van der Waals surface area contributed by atoms with Crippen LogP contribution in [0.1, 0.15) is 5.56 Å². The van der Waals surface area contributed by atoms with Crippen molar-refractivity contribution in [3.8, 4) is 6.07 Å². The average molecular weight is 383 g/mol. The number of carbonyl (C=O) groups is 1. The first-order valence-electron chi connectivity index (χ1n) is 7.01. The Morgan fingerprint density at radius 2 is 2.00 bits per heavy atom. The topological polar surface area (TPSA) is 87.8 Å². The number of nitriles is 1. The number of hydrogen-bond donors (Lipinski definition) is 1. The number of rotatable bonds is 3. The number of carbonyl (C=O) groups excluding carboxylic acids is 1. The molecule has 118 valence electrons. The summed E-state index contributed by atoms with van der Waals surface area (Å²) in [6.07, 6.45) is 1.36. The molecule has 1 heterocycles. The summed E-state index contributed by atoms with van der Waals surface area (Å²) in [6, 6.07) is 13.7. The molecular weight excluding hydrogens is 372 g/mol. The van der Waals surface area contributed by atoms with Gasteiger partial charge in [0.25, 0.3) is 5.56 Å². The molecule has 0 atom stereocenters. The Bertz CT molecular complexity index is 1020. The van der Waals surface area contributed by atoms with Gasteiger partial charge in [-0.2, -0.15) is 5.26 Å². The molecule has 24 heavy (non-hydrogen) atoms. The summed E-state index contributed by atoms with van der Waals surface area (Å²) in [5.74, 6) is -0.349. The van der Waals surface area contributed by atoms with Crippen LogP contribution >= 0.6 is 15.9 Å². The molecule has 0 saturated carbocycles. The van der Waals surface area contributed by atoms with E-state index in [1.807, 2.05) is 6.07 Å². The smallest absolute Gasteiger partial charge is 0.261 e. The Morgan fingerprint density at radius 3 is 2.71 bits per heavy atom. The second-order valence-electron chi connectivity index (χ2n) is 5.08. The van der Waals surface area contributed by atoms with Gasteiger partial charge >= 0.3 is 0 Å². The molecule has 0 spiro atoms. The number of hydrogen-bond acceptors (Lipinski definition) is 4. The number of anilines is 1. The molecule has 6 nitrogen and oxygen atoms in total. The molecule has 0 saturated heterocycles. The highest BCUT2D eigenvalue weighted by atomic mass is 79.9. The van der Waals surface area contributed by atoms with E-state index in [1.54, 1.807) is 42.5 Å². The van der Waals surface area contributed by atoms with Crippen LogP contribution in [0.2, 0.25) is 0 Å². The fraction of sp³-hybridized carbons (Fsp3) is 0.0588. The summed E-state index contributed by atoms with van der Waals surface area (Å²) in [6.45, 7) is -0.145. The first kappa shape index (κ1) is 15.9. The molecule has 0 fully saturated rings. The first-order valence-corrected chi connectivity index (χ1v) is 7.81. The average Bonchev–Trinajstić information content (AvgIpc) is 2.58. The van der Waals surface area contributed by atoms with Crippen molar-refractivity contribution in [1.82, 2.24) is 9.55 Å². The summed E-state index contributed by atoms with van der Waals surface area (Å²) in [7, 11) is 0. The second kappa shape index (κ2) is 6.64. The highest BCUT2D eigenvalue weighted by Crippen LogP contribution is 2.15. The molecule has 0 aliphatic rings. The fourth-order valence-corrected chi connectivity index (χ4v) is 2.59. The second-order valence-corrected chi connectivity index (χ2v) is 5.99. The van der Waals surface area contributed by atoms with Crippen molar-refractivity contribution in [3.63, 3.8) is 0 Å². The minimum Gasteiger partial charge on any atom is -0.325 e. The van der Waals surface area contributed by atoms with Crippen molar-refractivity contribution >= 4 is 38.4 Å². The van der Waals surface area contributed by atoms with Crippen LogP contribution in [-0.4, -0.2) is 15.5 Å². The van der Waals surface area contributed by atoms with Gasteiger partial charge in [-0.1, -0.05) is 15.9 Å². The summed E-state index contributed by atoms with van der Waals surface area (Å²) in [4.78, 5) is 28.7. The van der Waals surface area contributed by atoms with Crippen LogP contribution < -0.4 is 10.9 Å². The van der Waals surface area contributed by atoms with Gasteiger partial charge in [-0.25, -0.2) is 4.98 Å². The predicted octanol–water partition coefficient (Wildman–Crippen LogP) is 2.67. The van der Waals surface area contributed by atoms with Crippen LogP contribution in [0, 0.1) is 11.3 Å². The largest absolute Gasteiger partial charge is 0.325 e. The molecular formula is C17H11BrN4O2. The van der Waals surface area contributed by atoms with Gasteiger partial charge in [-0.3, -0.25) is 14.2 Å². The molecule has 0 radical (unpaired) electrons. The van der Waals surface area contributed by atoms with Crippen LogP contribution in [0.15, 0.2) is 58.1 Å². The summed E-state index contributed by atoms with van der Waals surface area (Å²) in [5.41, 5.74) is 1.36. The van der Waals surface area contributed by atoms with Gasteiger partial charge in [-0.15, -0.1) is 0 Å². The lowest BCUT2D eigenvalue weighted by molar-refractivity contribution is -0.116. The SMILES string of the molecule is N#Cc1ccc(NC(=O)Cn2cnc3ccc(Br)cc3c2=O)cc1. The zero-order valence-corrected chi connectivity index (χ0v) is 13.9. The first-order chi connectivity index (χ1) is 11.6. The van der Waals surface area contributed by atoms with Gasteiger partial charge in [0.2, 0.25) is 5.91 Å². The van der Waals surface area contributed by atoms with E-state index >= 15 is 0 Å². The van der Waals surface area contributed by atoms with E-state index in [4.69, 9.17) is 5.26 Å². The van der Waals surface area contributed by atoms with Gasteiger partial charge < -0.3 is 5.32 Å². The van der Waals surface area contributed by atoms with E-state index in [-0.39, 0.29) is 18.0 Å². The van der Waals surface area contributed by atoms with Gasteiger partial charge in [-0.05, 0) is 42.5 Å². The molecule has 0 aliphatic carbocycles. The van der Waals surface area contributed by atoms with Gasteiger partial charge in [0, 0.05) is 10.2 Å². The van der Waals surface area contributed by atoms with Crippen molar-refractivity contribution < 1.29 is 4.79 Å². The Labute approximate surface area is 145 Å². The van der Waals surface area contributed by atoms with E-state index in [0.717, 1.165) is 4.47 Å². The monoisotopic (exact) mass is 382 g/mol. The number of halogens is 1. The third-order valence-corrected chi connectivity index (χ3v) is 3.89. The maximum atomic E-state index is 12.4. The lowest BCUT2D eigenvalue weighted by atomic mass is 10.2. The third kappa shape index (κ3) is 3.34. The molecule has 0 unspecified atom stereocenters. The van der Waals surface area contributed by atoms with Crippen molar-refractivity contribution in [2.45, 2.75) is 6.54 Å². The van der Waals surface area contributed by atoms with Crippen molar-refractivity contribution in [3.05, 3.63) is 69.2 Å². The standard InChI is InChI=1S/C17H11BrN4O2/c18-12-3-6-15-14(7-12)17(24)22(10-20-15)9-16(23)21-13-4-1-11(8-19)2-5-13/h1-7,10H,9H2,(H,21,23). The molecule has 1 amide bonds. The van der Waals surface area contributed by atoms with Crippen LogP contribution in [0.5, 0.6) is 0 Å². The quantitative estimate of drug-likeness (QED) is 0.753. The highest BCUT2D eigenvalue weighted by molar-refractivity contribution is 9.10. The minimum atomic E-state index is -0.349. The Hall–Kier alpha value is -2.98. The van der Waals surface area contributed by atoms with E-state index in [0.29, 0.717) is 22.2 Å². The van der Waals surface area contributed by atoms with E-state index < -0.39 is 0 Å². The number of benzene rings is 2. The lowest BCUT2D eigenvalue weighted by Crippen LogP contribution is -2.27. The molecule has 0 bridgehead atoms. The summed E-state index contributed by atoms with van der Waals surface area (Å²) < 4.78 is 2.03. The van der Waals surface area contributed by atoms with Crippen LogP contribution in [-0.2, 0) is 11.3 Å². The number of amides is 1. The van der Waals surface area contributed by atoms with Crippen molar-refractivity contribution in [1.29, 1.82) is 5.26 Å². The van der Waals surface area contributed by atoms with E-state index in [2.05, 4.69) is 26.2 Å². The summed E-state index contributed by atoms with van der Waals surface area (Å²) in [5, 5.41) is 11.9. The lowest BCUT2D eigenvalue weighted by Gasteiger charge is -2.08. The molecule has 7 heteroatoms. The normalized spacial score (nSPS) is 10.3. The van der Waals surface area contributed by atoms with E-state index in [1.165, 1.54) is 10.9 Å². The summed E-state index contributed by atoms with van der Waals surface area (Å²) >= 11 is 3.32. The molecule has 2 aromatic carbocycles. The van der Waals surface area contributed by atoms with Crippen LogP contribution in [0.3, 0.4) is 0 Å². The fourth-order valence-electron chi connectivity index (χ4n) is 2.23. The van der Waals surface area contributed by atoms with Crippen LogP contribution in [0.4, 0.5) is 5.69 Å². The molecule has 1 N–H and O–H groups in total. The van der Waals surface area contributed by atoms with Crippen molar-refractivity contribution in [2.24, 2.45) is 0 Å². The van der Waals surface area contributed by atoms with Gasteiger partial charge in [0.15, 0.2) is 0 Å². The third-order valence-electron chi connectivity index (χ3n) is 3.40. The maximum absolute atomic E-state index is 12.4. The molecule has 0 aliphatic heterocycles. The molecule has 3 rings (SSSR count). The zero-order chi connectivity index (χ0) is 17.1. The Morgan fingerprint density at radius 1 is 1.25 bits per heavy atom. The number of fused-ring (bicyclic) bond motifs is 1. The van der Waals surface area contributed by atoms with Crippen molar-refractivity contribution in [2.75, 3.05) is 5.32 Å². The predicted molar refractivity (Wildman–Crippen MR) is 93.5 cm³/mol. The Kier molecular flexibility index (Phi) is 4.40. The van der Waals surface area contributed by atoms with Gasteiger partial charge in [0.05, 0.1) is 28.9 Å². The minimum absolute atomic E-state index is 0.145. The van der Waals surface area contributed by atoms with Gasteiger partial charge in [0.1, 0.15) is 6.54 Å². The number of nitrogens with zero attached hydrogens (tertiary/aromatic N) is 3. The molecule has 3 aromatic rings. The number of nitrogens with one attached hydrogen (secondary N) is 1. The zero-order valence-electron chi connectivity index (χ0n) is 12.4. The van der Waals surface area contributed by atoms with E-state index in [9.17, 15) is 9.59 Å². The molecule has 1 aromatic heterocycles.